The Morgan fingerprint density at radius 1 is 1.00 bits per heavy atom. The molecular weight excluding hydrogens is 478 g/mol. The van der Waals surface area contributed by atoms with Gasteiger partial charge in [0.25, 0.3) is 0 Å². The number of benzene rings is 3. The zero-order valence-electron chi connectivity index (χ0n) is 16.5. The Morgan fingerprint density at radius 2 is 1.78 bits per heavy atom. The molecule has 9 heteroatoms. The topological polar surface area (TPSA) is 118 Å². The van der Waals surface area contributed by atoms with E-state index in [1.165, 1.54) is 6.08 Å². The maximum Gasteiger partial charge on any atom is 0.357 e. The molecule has 4 rings (SSSR count). The van der Waals surface area contributed by atoms with Crippen molar-refractivity contribution in [1.29, 1.82) is 0 Å². The fourth-order valence-corrected chi connectivity index (χ4v) is 3.71. The van der Waals surface area contributed by atoms with Gasteiger partial charge in [0, 0.05) is 10.0 Å². The molecule has 0 bridgehead atoms. The van der Waals surface area contributed by atoms with Crippen LogP contribution in [0.3, 0.4) is 0 Å². The first-order chi connectivity index (χ1) is 15.4. The van der Waals surface area contributed by atoms with Gasteiger partial charge in [-0.25, -0.2) is 4.79 Å². The van der Waals surface area contributed by atoms with Crippen LogP contribution in [-0.4, -0.2) is 14.9 Å². The van der Waals surface area contributed by atoms with Gasteiger partial charge in [0.2, 0.25) is 0 Å². The molecule has 0 amide bonds. The Labute approximate surface area is 189 Å². The van der Waals surface area contributed by atoms with Crippen molar-refractivity contribution in [2.24, 2.45) is 0 Å². The lowest BCUT2D eigenvalue weighted by Gasteiger charge is -2.12. The molecule has 0 atom stereocenters. The van der Waals surface area contributed by atoms with E-state index in [-0.39, 0.29) is 5.69 Å². The highest BCUT2D eigenvalue weighted by Gasteiger charge is 2.19. The number of rotatable bonds is 6. The van der Waals surface area contributed by atoms with Crippen molar-refractivity contribution in [3.8, 4) is 5.75 Å². The number of hydrogen-bond donors (Lipinski definition) is 2. The first kappa shape index (κ1) is 21.3. The average Bonchev–Trinajstić information content (AvgIpc) is 2.76. The molecule has 1 heterocycles. The van der Waals surface area contributed by atoms with Crippen LogP contribution >= 0.6 is 15.9 Å². The second-order valence-corrected chi connectivity index (χ2v) is 7.79. The lowest BCUT2D eigenvalue weighted by molar-refractivity contribution is -0.386. The summed E-state index contributed by atoms with van der Waals surface area (Å²) in [5.74, 6) is 0.534. The molecule has 160 valence electrons. The van der Waals surface area contributed by atoms with E-state index in [9.17, 15) is 19.7 Å². The van der Waals surface area contributed by atoms with Crippen molar-refractivity contribution in [3.63, 3.8) is 0 Å². The molecule has 0 unspecified atom stereocenters. The summed E-state index contributed by atoms with van der Waals surface area (Å²) in [7, 11) is 0. The largest absolute Gasteiger partial charge is 0.488 e. The first-order valence-corrected chi connectivity index (χ1v) is 10.3. The SMILES string of the molecule is O=c1[nH]c(/C=C/c2cc(Br)ccc2OCc2cccc3ccccc23)c([N+](=O)[O-])c(=O)[nH]1. The van der Waals surface area contributed by atoms with Crippen LogP contribution in [0.5, 0.6) is 5.75 Å². The number of H-pyrrole nitrogens is 2. The Balaban J connectivity index is 1.67. The minimum atomic E-state index is -1.07. The van der Waals surface area contributed by atoms with Crippen molar-refractivity contribution in [3.05, 3.63) is 113 Å². The van der Waals surface area contributed by atoms with Crippen molar-refractivity contribution in [2.45, 2.75) is 6.61 Å². The standard InChI is InChI=1S/C23H16BrN3O5/c24-17-9-11-20(32-13-16-6-3-5-14-4-1-2-7-18(14)16)15(12-17)8-10-19-21(27(30)31)22(28)26-23(29)25-19/h1-12H,13H2,(H2,25,26,28,29)/b10-8+. The smallest absolute Gasteiger partial charge is 0.357 e. The normalized spacial score (nSPS) is 11.2. The minimum Gasteiger partial charge on any atom is -0.488 e. The van der Waals surface area contributed by atoms with Gasteiger partial charge in [-0.2, -0.15) is 0 Å². The summed E-state index contributed by atoms with van der Waals surface area (Å²) in [6.45, 7) is 0.311. The molecule has 32 heavy (non-hydrogen) atoms. The lowest BCUT2D eigenvalue weighted by atomic mass is 10.1. The second kappa shape index (κ2) is 9.03. The number of halogens is 1. The van der Waals surface area contributed by atoms with Gasteiger partial charge in [-0.05, 0) is 46.7 Å². The molecule has 0 aliphatic heterocycles. The highest BCUT2D eigenvalue weighted by molar-refractivity contribution is 9.10. The maximum atomic E-state index is 11.8. The molecule has 0 aliphatic rings. The molecule has 0 aliphatic carbocycles. The van der Waals surface area contributed by atoms with Gasteiger partial charge in [-0.3, -0.25) is 19.9 Å². The number of aromatic amines is 2. The lowest BCUT2D eigenvalue weighted by Crippen LogP contribution is -2.25. The molecule has 0 radical (unpaired) electrons. The third kappa shape index (κ3) is 4.52. The zero-order valence-corrected chi connectivity index (χ0v) is 18.1. The van der Waals surface area contributed by atoms with E-state index in [2.05, 4.69) is 20.9 Å². The van der Waals surface area contributed by atoms with Crippen LogP contribution < -0.4 is 16.0 Å². The van der Waals surface area contributed by atoms with Crippen LogP contribution in [0.4, 0.5) is 5.69 Å². The highest BCUT2D eigenvalue weighted by atomic mass is 79.9. The first-order valence-electron chi connectivity index (χ1n) is 9.50. The van der Waals surface area contributed by atoms with Crippen molar-refractivity contribution >= 4 is 44.5 Å². The number of nitrogens with one attached hydrogen (secondary N) is 2. The monoisotopic (exact) mass is 493 g/mol. The summed E-state index contributed by atoms with van der Waals surface area (Å²) in [5, 5.41) is 13.4. The summed E-state index contributed by atoms with van der Waals surface area (Å²) in [6.07, 6.45) is 2.85. The van der Waals surface area contributed by atoms with Crippen LogP contribution in [0.1, 0.15) is 16.8 Å². The summed E-state index contributed by atoms with van der Waals surface area (Å²) >= 11 is 3.40. The number of nitro groups is 1. The third-order valence-corrected chi connectivity index (χ3v) is 5.29. The number of ether oxygens (including phenoxy) is 1. The molecule has 3 aromatic carbocycles. The summed E-state index contributed by atoms with van der Waals surface area (Å²) in [4.78, 5) is 38.0. The number of hydrogen-bond acceptors (Lipinski definition) is 5. The van der Waals surface area contributed by atoms with E-state index >= 15 is 0 Å². The molecule has 0 saturated heterocycles. The van der Waals surface area contributed by atoms with Crippen LogP contribution in [0.2, 0.25) is 0 Å². The Hall–Kier alpha value is -3.98. The molecule has 0 spiro atoms. The Bertz CT molecular complexity index is 1470. The molecule has 0 saturated carbocycles. The summed E-state index contributed by atoms with van der Waals surface area (Å²) in [6, 6.07) is 19.3. The van der Waals surface area contributed by atoms with E-state index in [0.717, 1.165) is 20.8 Å². The predicted molar refractivity (Wildman–Crippen MR) is 126 cm³/mol. The zero-order chi connectivity index (χ0) is 22.7. The molecule has 8 nitrogen and oxygen atoms in total. The Kier molecular flexibility index (Phi) is 6.00. The van der Waals surface area contributed by atoms with Gasteiger partial charge in [0.05, 0.1) is 4.92 Å². The maximum absolute atomic E-state index is 11.8. The third-order valence-electron chi connectivity index (χ3n) is 4.79. The van der Waals surface area contributed by atoms with E-state index in [4.69, 9.17) is 4.74 Å². The van der Waals surface area contributed by atoms with Crippen molar-refractivity contribution in [2.75, 3.05) is 0 Å². The Morgan fingerprint density at radius 3 is 2.59 bits per heavy atom. The van der Waals surface area contributed by atoms with Crippen LogP contribution in [0.15, 0.2) is 74.7 Å². The summed E-state index contributed by atoms with van der Waals surface area (Å²) < 4.78 is 6.82. The fourth-order valence-electron chi connectivity index (χ4n) is 3.33. The van der Waals surface area contributed by atoms with Crippen molar-refractivity contribution in [1.82, 2.24) is 9.97 Å². The van der Waals surface area contributed by atoms with Gasteiger partial charge < -0.3 is 9.72 Å². The quantitative estimate of drug-likeness (QED) is 0.299. The molecule has 1 aromatic heterocycles. The fraction of sp³-hybridized carbons (Fsp3) is 0.0435. The van der Waals surface area contributed by atoms with E-state index in [1.54, 1.807) is 18.2 Å². The van der Waals surface area contributed by atoms with E-state index < -0.39 is 21.9 Å². The summed E-state index contributed by atoms with van der Waals surface area (Å²) in [5.41, 5.74) is -1.23. The van der Waals surface area contributed by atoms with Gasteiger partial charge in [0.15, 0.2) is 0 Å². The van der Waals surface area contributed by atoms with Gasteiger partial charge in [-0.15, -0.1) is 0 Å². The molecular formula is C23H16BrN3O5. The average molecular weight is 494 g/mol. The van der Waals surface area contributed by atoms with Crippen LogP contribution in [0, 0.1) is 10.1 Å². The van der Waals surface area contributed by atoms with Gasteiger partial charge in [0.1, 0.15) is 18.1 Å². The van der Waals surface area contributed by atoms with Crippen LogP contribution in [-0.2, 0) is 6.61 Å². The number of nitrogens with zero attached hydrogens (tertiary/aromatic N) is 1. The molecule has 0 fully saturated rings. The van der Waals surface area contributed by atoms with Crippen LogP contribution in [0.25, 0.3) is 22.9 Å². The number of fused-ring (bicyclic) bond motifs is 1. The van der Waals surface area contributed by atoms with Gasteiger partial charge in [-0.1, -0.05) is 58.4 Å². The van der Waals surface area contributed by atoms with E-state index in [0.29, 0.717) is 17.9 Å². The van der Waals surface area contributed by atoms with Crippen molar-refractivity contribution < 1.29 is 9.66 Å². The predicted octanol–water partition coefficient (Wildman–Crippen LogP) is 4.64. The highest BCUT2D eigenvalue weighted by Crippen LogP contribution is 2.28. The minimum absolute atomic E-state index is 0.205. The number of aromatic nitrogens is 2. The second-order valence-electron chi connectivity index (χ2n) is 6.87. The molecule has 4 aromatic rings. The molecule has 2 N–H and O–H groups in total. The van der Waals surface area contributed by atoms with Gasteiger partial charge >= 0.3 is 16.9 Å². The van der Waals surface area contributed by atoms with E-state index in [1.807, 2.05) is 53.5 Å².